The first-order chi connectivity index (χ1) is 17.9. The lowest BCUT2D eigenvalue weighted by Gasteiger charge is -2.22. The summed E-state index contributed by atoms with van der Waals surface area (Å²) >= 11 is 0. The first kappa shape index (κ1) is 26.2. The fourth-order valence-corrected chi connectivity index (χ4v) is 4.30. The number of pyridine rings is 1. The molecule has 2 heterocycles. The molecule has 0 radical (unpaired) electrons. The molecule has 4 aromatic rings. The van der Waals surface area contributed by atoms with Crippen molar-refractivity contribution in [2.75, 3.05) is 18.5 Å². The fraction of sp³-hybridized carbons (Fsp3) is 0.333. The molecule has 0 amide bonds. The molecule has 0 aliphatic heterocycles. The van der Waals surface area contributed by atoms with E-state index in [1.165, 1.54) is 0 Å². The molecular weight excluding hydrogens is 466 g/mol. The van der Waals surface area contributed by atoms with E-state index in [4.69, 9.17) is 14.3 Å². The molecule has 2 aromatic carbocycles. The van der Waals surface area contributed by atoms with Gasteiger partial charge in [-0.2, -0.15) is 0 Å². The summed E-state index contributed by atoms with van der Waals surface area (Å²) in [5, 5.41) is 16.6. The van der Waals surface area contributed by atoms with E-state index < -0.39 is 5.97 Å². The highest BCUT2D eigenvalue weighted by molar-refractivity contribution is 5.83. The summed E-state index contributed by atoms with van der Waals surface area (Å²) in [4.78, 5) is 15.3. The van der Waals surface area contributed by atoms with Gasteiger partial charge in [-0.05, 0) is 55.2 Å². The standard InChI is InChI=1S/C30H35N3O4/c1-20(2)16-25(33-24-10-8-22(9-11-24)18-31-15-14-30(34)35)19-36-29-13-12-26(21(3)32-29)28-17-23-6-4-5-7-27(23)37-28/h4-13,17,20,25,31,33H,14-16,18-19H2,1-3H3,(H,34,35)/t25-/m0/s1. The van der Waals surface area contributed by atoms with Gasteiger partial charge < -0.3 is 24.9 Å². The molecule has 3 N–H and O–H groups in total. The van der Waals surface area contributed by atoms with Gasteiger partial charge >= 0.3 is 5.97 Å². The van der Waals surface area contributed by atoms with E-state index in [0.717, 1.165) is 45.7 Å². The van der Waals surface area contributed by atoms with Crippen LogP contribution in [0, 0.1) is 12.8 Å². The Morgan fingerprint density at radius 1 is 1.08 bits per heavy atom. The zero-order valence-electron chi connectivity index (χ0n) is 21.7. The summed E-state index contributed by atoms with van der Waals surface area (Å²) in [6.45, 7) is 7.96. The van der Waals surface area contributed by atoms with Crippen LogP contribution in [0.3, 0.4) is 0 Å². The largest absolute Gasteiger partial charge is 0.481 e. The predicted octanol–water partition coefficient (Wildman–Crippen LogP) is 6.27. The minimum Gasteiger partial charge on any atom is -0.481 e. The number of benzene rings is 2. The molecule has 0 saturated heterocycles. The Morgan fingerprint density at radius 2 is 1.86 bits per heavy atom. The van der Waals surface area contributed by atoms with Crippen molar-refractivity contribution in [2.45, 2.75) is 46.2 Å². The highest BCUT2D eigenvalue weighted by atomic mass is 16.5. The second-order valence-electron chi connectivity index (χ2n) is 9.73. The van der Waals surface area contributed by atoms with Gasteiger partial charge in [-0.3, -0.25) is 4.79 Å². The molecule has 37 heavy (non-hydrogen) atoms. The molecule has 7 heteroatoms. The molecule has 7 nitrogen and oxygen atoms in total. The van der Waals surface area contributed by atoms with Crippen LogP contribution in [0.2, 0.25) is 0 Å². The molecule has 0 spiro atoms. The van der Waals surface area contributed by atoms with E-state index in [1.807, 2.05) is 73.7 Å². The lowest BCUT2D eigenvalue weighted by molar-refractivity contribution is -0.136. The Morgan fingerprint density at radius 3 is 2.57 bits per heavy atom. The summed E-state index contributed by atoms with van der Waals surface area (Å²) in [6.07, 6.45) is 1.07. The minimum absolute atomic E-state index is 0.119. The zero-order valence-corrected chi connectivity index (χ0v) is 21.7. The summed E-state index contributed by atoms with van der Waals surface area (Å²) < 4.78 is 12.1. The van der Waals surface area contributed by atoms with Crippen LogP contribution < -0.4 is 15.4 Å². The Balaban J connectivity index is 1.35. The van der Waals surface area contributed by atoms with E-state index in [2.05, 4.69) is 29.5 Å². The van der Waals surface area contributed by atoms with Crippen molar-refractivity contribution in [3.8, 4) is 17.2 Å². The van der Waals surface area contributed by atoms with Crippen molar-refractivity contribution in [2.24, 2.45) is 5.92 Å². The van der Waals surface area contributed by atoms with Crippen molar-refractivity contribution < 1.29 is 19.1 Å². The summed E-state index contributed by atoms with van der Waals surface area (Å²) in [7, 11) is 0. The van der Waals surface area contributed by atoms with Gasteiger partial charge in [0.1, 0.15) is 18.0 Å². The van der Waals surface area contributed by atoms with Crippen LogP contribution in [0.15, 0.2) is 71.1 Å². The molecular formula is C30H35N3O4. The van der Waals surface area contributed by atoms with E-state index in [-0.39, 0.29) is 12.5 Å². The lowest BCUT2D eigenvalue weighted by atomic mass is 10.0. The van der Waals surface area contributed by atoms with Crippen LogP contribution >= 0.6 is 0 Å². The molecule has 2 aromatic heterocycles. The number of ether oxygens (including phenoxy) is 1. The van der Waals surface area contributed by atoms with Gasteiger partial charge in [0, 0.05) is 35.8 Å². The smallest absolute Gasteiger partial charge is 0.304 e. The van der Waals surface area contributed by atoms with Crippen LogP contribution in [-0.4, -0.2) is 35.3 Å². The second-order valence-corrected chi connectivity index (χ2v) is 9.73. The Kier molecular flexibility index (Phi) is 8.80. The third-order valence-corrected chi connectivity index (χ3v) is 6.11. The number of nitrogens with one attached hydrogen (secondary N) is 2. The van der Waals surface area contributed by atoms with Crippen LogP contribution in [0.4, 0.5) is 5.69 Å². The minimum atomic E-state index is -0.794. The number of hydrogen-bond acceptors (Lipinski definition) is 6. The van der Waals surface area contributed by atoms with Crippen LogP contribution in [0.5, 0.6) is 5.88 Å². The molecule has 0 bridgehead atoms. The molecule has 0 unspecified atom stereocenters. The number of carboxylic acids is 1. The summed E-state index contributed by atoms with van der Waals surface area (Å²) in [5.41, 5.74) is 4.81. The number of aromatic nitrogens is 1. The van der Waals surface area contributed by atoms with Crippen molar-refractivity contribution in [1.82, 2.24) is 10.3 Å². The monoisotopic (exact) mass is 501 g/mol. The Bertz CT molecular complexity index is 1280. The Hall–Kier alpha value is -3.84. The van der Waals surface area contributed by atoms with Gasteiger partial charge in [0.15, 0.2) is 0 Å². The predicted molar refractivity (Wildman–Crippen MR) is 147 cm³/mol. The van der Waals surface area contributed by atoms with Crippen molar-refractivity contribution in [3.63, 3.8) is 0 Å². The maximum Gasteiger partial charge on any atom is 0.304 e. The first-order valence-electron chi connectivity index (χ1n) is 12.7. The van der Waals surface area contributed by atoms with Gasteiger partial charge in [0.05, 0.1) is 18.2 Å². The number of nitrogens with zero attached hydrogens (tertiary/aromatic N) is 1. The van der Waals surface area contributed by atoms with Gasteiger partial charge in [-0.15, -0.1) is 0 Å². The molecule has 4 rings (SSSR count). The zero-order chi connectivity index (χ0) is 26.2. The number of para-hydroxylation sites is 1. The fourth-order valence-electron chi connectivity index (χ4n) is 4.30. The van der Waals surface area contributed by atoms with E-state index in [1.54, 1.807) is 0 Å². The number of furan rings is 1. The van der Waals surface area contributed by atoms with E-state index in [9.17, 15) is 4.79 Å². The van der Waals surface area contributed by atoms with Gasteiger partial charge in [0.25, 0.3) is 0 Å². The summed E-state index contributed by atoms with van der Waals surface area (Å²) in [5.74, 6) is 1.11. The number of carbonyl (C=O) groups is 1. The number of rotatable bonds is 13. The number of aryl methyl sites for hydroxylation is 1. The number of fused-ring (bicyclic) bond motifs is 1. The molecule has 0 saturated carbocycles. The quantitative estimate of drug-likeness (QED) is 0.186. The lowest BCUT2D eigenvalue weighted by Crippen LogP contribution is -2.29. The molecule has 0 fully saturated rings. The molecule has 0 aliphatic carbocycles. The molecule has 0 aliphatic rings. The third kappa shape index (κ3) is 7.57. The summed E-state index contributed by atoms with van der Waals surface area (Å²) in [6, 6.07) is 22.2. The van der Waals surface area contributed by atoms with Gasteiger partial charge in [-0.1, -0.05) is 44.2 Å². The van der Waals surface area contributed by atoms with Gasteiger partial charge in [0.2, 0.25) is 5.88 Å². The Labute approximate surface area is 217 Å². The van der Waals surface area contributed by atoms with Crippen LogP contribution in [-0.2, 0) is 11.3 Å². The highest BCUT2D eigenvalue weighted by Gasteiger charge is 2.15. The number of aliphatic carboxylic acids is 1. The van der Waals surface area contributed by atoms with Crippen molar-refractivity contribution in [3.05, 3.63) is 78.0 Å². The maximum absolute atomic E-state index is 10.6. The maximum atomic E-state index is 10.6. The van der Waals surface area contributed by atoms with Crippen molar-refractivity contribution in [1.29, 1.82) is 0 Å². The average molecular weight is 502 g/mol. The number of hydrogen-bond donors (Lipinski definition) is 3. The molecule has 1 atom stereocenters. The average Bonchev–Trinajstić information content (AvgIpc) is 3.30. The normalized spacial score (nSPS) is 12.1. The topological polar surface area (TPSA) is 96.6 Å². The number of anilines is 1. The SMILES string of the molecule is Cc1nc(OC[C@H](CC(C)C)Nc2ccc(CNCCC(=O)O)cc2)ccc1-c1cc2ccccc2o1. The van der Waals surface area contributed by atoms with Gasteiger partial charge in [-0.25, -0.2) is 4.98 Å². The molecule has 194 valence electrons. The van der Waals surface area contributed by atoms with Crippen LogP contribution in [0.25, 0.3) is 22.3 Å². The van der Waals surface area contributed by atoms with E-state index >= 15 is 0 Å². The highest BCUT2D eigenvalue weighted by Crippen LogP contribution is 2.30. The number of carboxylic acid groups (broad SMARTS) is 1. The second kappa shape index (κ2) is 12.4. The van der Waals surface area contributed by atoms with Crippen molar-refractivity contribution >= 4 is 22.6 Å². The van der Waals surface area contributed by atoms with E-state index in [0.29, 0.717) is 31.5 Å². The van der Waals surface area contributed by atoms with Crippen LogP contribution in [0.1, 0.15) is 37.9 Å². The third-order valence-electron chi connectivity index (χ3n) is 6.11. The first-order valence-corrected chi connectivity index (χ1v) is 12.7.